The van der Waals surface area contributed by atoms with E-state index >= 15 is 0 Å². The fourth-order valence-electron chi connectivity index (χ4n) is 6.81. The van der Waals surface area contributed by atoms with E-state index in [2.05, 4.69) is 67.6 Å². The topological polar surface area (TPSA) is 46.6 Å². The summed E-state index contributed by atoms with van der Waals surface area (Å²) in [6.45, 7) is 2.54. The first-order valence-electron chi connectivity index (χ1n) is 13.9. The molecule has 0 N–H and O–H groups in total. The van der Waals surface area contributed by atoms with Crippen LogP contribution in [-0.4, -0.2) is 35.5 Å². The molecule has 4 nitrogen and oxygen atoms in total. The van der Waals surface area contributed by atoms with Crippen molar-refractivity contribution >= 4 is 11.9 Å². The first-order valence-corrected chi connectivity index (χ1v) is 13.9. The third-order valence-electron chi connectivity index (χ3n) is 8.71. The van der Waals surface area contributed by atoms with Gasteiger partial charge in [0.25, 0.3) is 0 Å². The number of unbranched alkanes of at least 4 members (excludes halogenated alkanes) is 1. The SMILES string of the molecule is CCCCc1ccc(C(=O)C2CC3CCC(C2)N3C(=O)OCC2c3ccccc3-c3ccccc32)cc1. The molecular formula is C33H35NO3. The lowest BCUT2D eigenvalue weighted by Gasteiger charge is -2.37. The molecule has 0 spiro atoms. The van der Waals surface area contributed by atoms with Gasteiger partial charge in [0.2, 0.25) is 0 Å². The maximum Gasteiger partial charge on any atom is 0.410 e. The van der Waals surface area contributed by atoms with Crippen molar-refractivity contribution in [3.05, 3.63) is 95.1 Å². The van der Waals surface area contributed by atoms with Crippen LogP contribution in [0.3, 0.4) is 0 Å². The number of ketones is 1. The van der Waals surface area contributed by atoms with E-state index in [-0.39, 0.29) is 35.8 Å². The molecule has 2 bridgehead atoms. The number of nitrogens with zero attached hydrogens (tertiary/aromatic N) is 1. The number of fused-ring (bicyclic) bond motifs is 5. The van der Waals surface area contributed by atoms with Crippen molar-refractivity contribution in [2.45, 2.75) is 69.9 Å². The van der Waals surface area contributed by atoms with Crippen molar-refractivity contribution in [2.75, 3.05) is 6.61 Å². The van der Waals surface area contributed by atoms with Gasteiger partial charge < -0.3 is 9.64 Å². The first kappa shape index (κ1) is 24.0. The second-order valence-corrected chi connectivity index (χ2v) is 10.9. The highest BCUT2D eigenvalue weighted by molar-refractivity contribution is 5.98. The second kappa shape index (κ2) is 10.2. The molecule has 2 unspecified atom stereocenters. The molecule has 2 atom stereocenters. The summed E-state index contributed by atoms with van der Waals surface area (Å²) in [4.78, 5) is 28.6. The number of aryl methyl sites for hydroxylation is 1. The molecule has 4 heteroatoms. The summed E-state index contributed by atoms with van der Waals surface area (Å²) in [7, 11) is 0. The Bertz CT molecular complexity index is 1240. The number of rotatable bonds is 7. The minimum atomic E-state index is -0.222. The Kier molecular flexibility index (Phi) is 6.58. The van der Waals surface area contributed by atoms with Gasteiger partial charge in [0.15, 0.2) is 5.78 Å². The first-order chi connectivity index (χ1) is 18.1. The third kappa shape index (κ3) is 4.47. The zero-order valence-corrected chi connectivity index (χ0v) is 21.6. The van der Waals surface area contributed by atoms with Gasteiger partial charge in [-0.2, -0.15) is 0 Å². The summed E-state index contributed by atoms with van der Waals surface area (Å²) in [5.41, 5.74) is 7.02. The van der Waals surface area contributed by atoms with Crippen molar-refractivity contribution in [2.24, 2.45) is 5.92 Å². The van der Waals surface area contributed by atoms with E-state index in [1.165, 1.54) is 40.7 Å². The van der Waals surface area contributed by atoms with Crippen LogP contribution in [0.25, 0.3) is 11.1 Å². The highest BCUT2D eigenvalue weighted by atomic mass is 16.6. The number of Topliss-reactive ketones (excluding diaryl/α,β-unsaturated/α-hetero) is 1. The number of hydrogen-bond donors (Lipinski definition) is 0. The number of carbonyl (C=O) groups is 2. The van der Waals surface area contributed by atoms with Crippen LogP contribution in [0.2, 0.25) is 0 Å². The van der Waals surface area contributed by atoms with Crippen LogP contribution < -0.4 is 0 Å². The van der Waals surface area contributed by atoms with Gasteiger partial charge in [-0.05, 0) is 66.3 Å². The predicted octanol–water partition coefficient (Wildman–Crippen LogP) is 7.40. The van der Waals surface area contributed by atoms with Crippen LogP contribution in [0.4, 0.5) is 4.79 Å². The summed E-state index contributed by atoms with van der Waals surface area (Å²) in [5.74, 6) is 0.274. The molecule has 1 amide bonds. The normalized spacial score (nSPS) is 22.0. The van der Waals surface area contributed by atoms with Crippen LogP contribution in [0, 0.1) is 5.92 Å². The lowest BCUT2D eigenvalue weighted by Crippen LogP contribution is -2.48. The van der Waals surface area contributed by atoms with Crippen LogP contribution >= 0.6 is 0 Å². The molecule has 0 saturated carbocycles. The molecule has 3 aromatic rings. The summed E-state index contributed by atoms with van der Waals surface area (Å²) >= 11 is 0. The molecule has 2 aliphatic heterocycles. The highest BCUT2D eigenvalue weighted by Gasteiger charge is 2.46. The van der Waals surface area contributed by atoms with Gasteiger partial charge in [-0.3, -0.25) is 4.79 Å². The number of hydrogen-bond acceptors (Lipinski definition) is 3. The van der Waals surface area contributed by atoms with Crippen LogP contribution in [-0.2, 0) is 11.2 Å². The Labute approximate surface area is 219 Å². The van der Waals surface area contributed by atoms with Gasteiger partial charge in [-0.25, -0.2) is 4.79 Å². The third-order valence-corrected chi connectivity index (χ3v) is 8.71. The Hall–Kier alpha value is -3.40. The zero-order chi connectivity index (χ0) is 25.4. The molecule has 37 heavy (non-hydrogen) atoms. The van der Waals surface area contributed by atoms with E-state index < -0.39 is 0 Å². The van der Waals surface area contributed by atoms with Gasteiger partial charge in [0, 0.05) is 29.5 Å². The summed E-state index contributed by atoms with van der Waals surface area (Å²) in [6.07, 6.45) is 6.56. The minimum Gasteiger partial charge on any atom is -0.448 e. The van der Waals surface area contributed by atoms with E-state index in [0.717, 1.165) is 37.7 Å². The summed E-state index contributed by atoms with van der Waals surface area (Å²) < 4.78 is 5.99. The van der Waals surface area contributed by atoms with E-state index in [1.54, 1.807) is 0 Å². The van der Waals surface area contributed by atoms with Crippen molar-refractivity contribution in [3.63, 3.8) is 0 Å². The standard InChI is InChI=1S/C33H35NO3/c1-2-3-8-22-13-15-23(16-14-22)32(35)24-19-25-17-18-26(20-24)34(25)33(36)37-21-31-29-11-6-4-9-27(29)28-10-5-7-12-30(28)31/h4-7,9-16,24-26,31H,2-3,8,17-21H2,1H3. The monoisotopic (exact) mass is 493 g/mol. The van der Waals surface area contributed by atoms with Crippen LogP contribution in [0.1, 0.15) is 78.4 Å². The van der Waals surface area contributed by atoms with Gasteiger partial charge in [0.05, 0.1) is 0 Å². The molecule has 2 heterocycles. The van der Waals surface area contributed by atoms with Crippen LogP contribution in [0.15, 0.2) is 72.8 Å². The van der Waals surface area contributed by atoms with E-state index in [9.17, 15) is 9.59 Å². The van der Waals surface area contributed by atoms with Gasteiger partial charge >= 0.3 is 6.09 Å². The number of amides is 1. The van der Waals surface area contributed by atoms with Crippen molar-refractivity contribution in [1.82, 2.24) is 4.90 Å². The molecule has 2 fully saturated rings. The summed E-state index contributed by atoms with van der Waals surface area (Å²) in [6, 6.07) is 25.2. The van der Waals surface area contributed by atoms with Gasteiger partial charge in [-0.15, -0.1) is 0 Å². The molecule has 0 aromatic heterocycles. The maximum absolute atomic E-state index is 13.3. The largest absolute Gasteiger partial charge is 0.448 e. The maximum atomic E-state index is 13.3. The van der Waals surface area contributed by atoms with E-state index in [1.807, 2.05) is 17.0 Å². The fraction of sp³-hybridized carbons (Fsp3) is 0.394. The average molecular weight is 494 g/mol. The fourth-order valence-corrected chi connectivity index (χ4v) is 6.81. The Morgan fingerprint density at radius 1 is 0.838 bits per heavy atom. The Balaban J connectivity index is 1.10. The smallest absolute Gasteiger partial charge is 0.410 e. The van der Waals surface area contributed by atoms with E-state index in [4.69, 9.17) is 4.74 Å². The van der Waals surface area contributed by atoms with E-state index in [0.29, 0.717) is 6.61 Å². The molecule has 3 aromatic carbocycles. The molecule has 1 aliphatic carbocycles. The quantitative estimate of drug-likeness (QED) is 0.322. The number of benzene rings is 3. The number of carbonyl (C=O) groups excluding carboxylic acids is 2. The lowest BCUT2D eigenvalue weighted by molar-refractivity contribution is 0.0506. The molecule has 3 aliphatic rings. The number of piperidine rings is 1. The molecule has 2 saturated heterocycles. The van der Waals surface area contributed by atoms with Gasteiger partial charge in [-0.1, -0.05) is 86.1 Å². The van der Waals surface area contributed by atoms with Crippen molar-refractivity contribution in [1.29, 1.82) is 0 Å². The van der Waals surface area contributed by atoms with Crippen molar-refractivity contribution < 1.29 is 14.3 Å². The molecule has 6 rings (SSSR count). The Morgan fingerprint density at radius 2 is 1.43 bits per heavy atom. The lowest BCUT2D eigenvalue weighted by atomic mass is 9.84. The molecule has 0 radical (unpaired) electrons. The zero-order valence-electron chi connectivity index (χ0n) is 21.6. The average Bonchev–Trinajstić information content (AvgIpc) is 3.40. The van der Waals surface area contributed by atoms with Gasteiger partial charge in [0.1, 0.15) is 6.61 Å². The minimum absolute atomic E-state index is 0.0170. The van der Waals surface area contributed by atoms with Crippen molar-refractivity contribution in [3.8, 4) is 11.1 Å². The second-order valence-electron chi connectivity index (χ2n) is 10.9. The summed E-state index contributed by atoms with van der Waals surface area (Å²) in [5, 5.41) is 0. The number of ether oxygens (including phenoxy) is 1. The Morgan fingerprint density at radius 3 is 2.03 bits per heavy atom. The predicted molar refractivity (Wildman–Crippen MR) is 146 cm³/mol. The molecular weight excluding hydrogens is 458 g/mol. The highest BCUT2D eigenvalue weighted by Crippen LogP contribution is 2.45. The van der Waals surface area contributed by atoms with Crippen LogP contribution in [0.5, 0.6) is 0 Å². The molecule has 190 valence electrons.